The summed E-state index contributed by atoms with van der Waals surface area (Å²) in [6.07, 6.45) is 2.72. The largest absolute Gasteiger partial charge is 0.368 e. The molecular weight excluding hydrogens is 202 g/mol. The molecule has 16 heavy (non-hydrogen) atoms. The zero-order valence-corrected chi connectivity index (χ0v) is 10.8. The Bertz CT molecular complexity index is 242. The molecule has 0 saturated carbocycles. The Morgan fingerprint density at radius 2 is 2.12 bits per heavy atom. The minimum atomic E-state index is -0.474. The van der Waals surface area contributed by atoms with Crippen molar-refractivity contribution in [2.24, 2.45) is 5.73 Å². The van der Waals surface area contributed by atoms with Crippen molar-refractivity contribution in [3.05, 3.63) is 0 Å². The Labute approximate surface area is 98.6 Å². The second-order valence-corrected chi connectivity index (χ2v) is 4.96. The highest BCUT2D eigenvalue weighted by molar-refractivity contribution is 5.84. The molecule has 1 unspecified atom stereocenters. The quantitative estimate of drug-likeness (QED) is 0.744. The number of likely N-dealkylation sites (N-methyl/N-ethyl adjacent to an activating group) is 1. The Kier molecular flexibility index (Phi) is 4.74. The Morgan fingerprint density at radius 1 is 1.44 bits per heavy atom. The molecule has 0 bridgehead atoms. The molecule has 1 aliphatic rings. The number of nitrogens with two attached hydrogens (primary N) is 1. The molecule has 1 aliphatic heterocycles. The topological polar surface area (TPSA) is 58.4 Å². The third-order valence-electron chi connectivity index (χ3n) is 3.59. The van der Waals surface area contributed by atoms with E-state index >= 15 is 0 Å². The lowest BCUT2D eigenvalue weighted by atomic mass is 9.89. The number of nitrogens with one attached hydrogen (secondary N) is 1. The van der Waals surface area contributed by atoms with Crippen molar-refractivity contribution >= 4 is 5.91 Å². The van der Waals surface area contributed by atoms with Crippen LogP contribution in [0.15, 0.2) is 0 Å². The molecule has 0 aromatic carbocycles. The third-order valence-corrected chi connectivity index (χ3v) is 3.59. The summed E-state index contributed by atoms with van der Waals surface area (Å²) in [5.41, 5.74) is 5.09. The zero-order valence-electron chi connectivity index (χ0n) is 10.8. The van der Waals surface area contributed by atoms with Crippen molar-refractivity contribution in [3.8, 4) is 0 Å². The number of nitrogens with zero attached hydrogens (tertiary/aromatic N) is 1. The summed E-state index contributed by atoms with van der Waals surface area (Å²) in [5, 5.41) is 3.30. The molecule has 4 nitrogen and oxygen atoms in total. The number of rotatable bonds is 4. The summed E-state index contributed by atoms with van der Waals surface area (Å²) in [7, 11) is 0. The van der Waals surface area contributed by atoms with Gasteiger partial charge in [0, 0.05) is 12.6 Å². The van der Waals surface area contributed by atoms with Crippen LogP contribution in [0.4, 0.5) is 0 Å². The molecule has 0 radical (unpaired) electrons. The van der Waals surface area contributed by atoms with Crippen LogP contribution in [0.1, 0.15) is 40.0 Å². The van der Waals surface area contributed by atoms with E-state index in [0.717, 1.165) is 38.9 Å². The second kappa shape index (κ2) is 5.64. The number of hydrogen-bond donors (Lipinski definition) is 2. The zero-order chi connectivity index (χ0) is 12.2. The van der Waals surface area contributed by atoms with Crippen LogP contribution in [0.3, 0.4) is 0 Å². The maximum atomic E-state index is 11.6. The number of primary amides is 1. The molecule has 94 valence electrons. The van der Waals surface area contributed by atoms with Crippen molar-refractivity contribution in [1.29, 1.82) is 0 Å². The first-order valence-electron chi connectivity index (χ1n) is 6.31. The van der Waals surface area contributed by atoms with Gasteiger partial charge in [-0.3, -0.25) is 4.79 Å². The molecule has 0 aromatic heterocycles. The van der Waals surface area contributed by atoms with E-state index in [1.54, 1.807) is 0 Å². The van der Waals surface area contributed by atoms with E-state index in [2.05, 4.69) is 24.1 Å². The minimum Gasteiger partial charge on any atom is -0.368 e. The van der Waals surface area contributed by atoms with E-state index in [-0.39, 0.29) is 5.91 Å². The van der Waals surface area contributed by atoms with E-state index in [9.17, 15) is 4.79 Å². The summed E-state index contributed by atoms with van der Waals surface area (Å²) in [4.78, 5) is 14.1. The molecule has 1 amide bonds. The van der Waals surface area contributed by atoms with Crippen LogP contribution in [0.5, 0.6) is 0 Å². The standard InChI is InChI=1S/C12H25N3O/c1-4-14-12(11(13)16)6-5-8-15(9-7-12)10(2)3/h10,14H,4-9H2,1-3H3,(H2,13,16). The first kappa shape index (κ1) is 13.5. The van der Waals surface area contributed by atoms with E-state index in [1.165, 1.54) is 0 Å². The van der Waals surface area contributed by atoms with Gasteiger partial charge in [-0.2, -0.15) is 0 Å². The van der Waals surface area contributed by atoms with Crippen molar-refractivity contribution < 1.29 is 4.79 Å². The minimum absolute atomic E-state index is 0.194. The van der Waals surface area contributed by atoms with Crippen LogP contribution in [0.2, 0.25) is 0 Å². The fourth-order valence-corrected chi connectivity index (χ4v) is 2.52. The first-order valence-corrected chi connectivity index (χ1v) is 6.31. The number of carbonyl (C=O) groups excluding carboxylic acids is 1. The molecule has 0 aliphatic carbocycles. The first-order chi connectivity index (χ1) is 7.52. The van der Waals surface area contributed by atoms with E-state index in [1.807, 2.05) is 6.92 Å². The SMILES string of the molecule is CCNC1(C(N)=O)CCCN(C(C)C)CC1. The van der Waals surface area contributed by atoms with Crippen LogP contribution in [-0.4, -0.2) is 42.0 Å². The number of carbonyl (C=O) groups is 1. The maximum Gasteiger partial charge on any atom is 0.237 e. The van der Waals surface area contributed by atoms with Gasteiger partial charge in [0.25, 0.3) is 0 Å². The highest BCUT2D eigenvalue weighted by Crippen LogP contribution is 2.23. The molecule has 0 spiro atoms. The van der Waals surface area contributed by atoms with Gasteiger partial charge in [-0.15, -0.1) is 0 Å². The van der Waals surface area contributed by atoms with Gasteiger partial charge in [-0.25, -0.2) is 0 Å². The molecule has 1 heterocycles. The Morgan fingerprint density at radius 3 is 2.62 bits per heavy atom. The molecular formula is C12H25N3O. The molecule has 0 aromatic rings. The lowest BCUT2D eigenvalue weighted by Crippen LogP contribution is -2.55. The second-order valence-electron chi connectivity index (χ2n) is 4.96. The van der Waals surface area contributed by atoms with Crippen LogP contribution >= 0.6 is 0 Å². The summed E-state index contributed by atoms with van der Waals surface area (Å²) < 4.78 is 0. The monoisotopic (exact) mass is 227 g/mol. The van der Waals surface area contributed by atoms with Gasteiger partial charge in [-0.05, 0) is 46.2 Å². The van der Waals surface area contributed by atoms with Crippen molar-refractivity contribution in [1.82, 2.24) is 10.2 Å². The molecule has 4 heteroatoms. The molecule has 3 N–H and O–H groups in total. The molecule has 1 fully saturated rings. The van der Waals surface area contributed by atoms with Gasteiger partial charge in [0.1, 0.15) is 0 Å². The van der Waals surface area contributed by atoms with Gasteiger partial charge >= 0.3 is 0 Å². The predicted molar refractivity (Wildman–Crippen MR) is 66.2 cm³/mol. The average Bonchev–Trinajstić information content (AvgIpc) is 2.42. The van der Waals surface area contributed by atoms with Gasteiger partial charge in [0.2, 0.25) is 5.91 Å². The Hall–Kier alpha value is -0.610. The lowest BCUT2D eigenvalue weighted by molar-refractivity contribution is -0.124. The maximum absolute atomic E-state index is 11.6. The van der Waals surface area contributed by atoms with E-state index in [4.69, 9.17) is 5.73 Å². The van der Waals surface area contributed by atoms with Crippen LogP contribution in [0, 0.1) is 0 Å². The van der Waals surface area contributed by atoms with Gasteiger partial charge in [0.05, 0.1) is 5.54 Å². The molecule has 1 atom stereocenters. The fourth-order valence-electron chi connectivity index (χ4n) is 2.52. The van der Waals surface area contributed by atoms with Gasteiger partial charge in [-0.1, -0.05) is 6.92 Å². The number of likely N-dealkylation sites (tertiary alicyclic amines) is 1. The Balaban J connectivity index is 2.71. The van der Waals surface area contributed by atoms with Crippen LogP contribution < -0.4 is 11.1 Å². The lowest BCUT2D eigenvalue weighted by Gasteiger charge is -2.30. The smallest absolute Gasteiger partial charge is 0.237 e. The normalized spacial score (nSPS) is 28.0. The summed E-state index contributed by atoms with van der Waals surface area (Å²) in [6, 6.07) is 0.547. The highest BCUT2D eigenvalue weighted by Gasteiger charge is 2.37. The van der Waals surface area contributed by atoms with Crippen molar-refractivity contribution in [2.75, 3.05) is 19.6 Å². The molecule has 1 rings (SSSR count). The predicted octanol–water partition coefficient (Wildman–Crippen LogP) is 0.714. The summed E-state index contributed by atoms with van der Waals surface area (Å²) >= 11 is 0. The summed E-state index contributed by atoms with van der Waals surface area (Å²) in [5.74, 6) is -0.194. The van der Waals surface area contributed by atoms with Gasteiger partial charge < -0.3 is 16.0 Å². The number of amides is 1. The number of hydrogen-bond acceptors (Lipinski definition) is 3. The molecule has 1 saturated heterocycles. The summed E-state index contributed by atoms with van der Waals surface area (Å²) in [6.45, 7) is 9.24. The average molecular weight is 227 g/mol. The van der Waals surface area contributed by atoms with E-state index in [0.29, 0.717) is 6.04 Å². The highest BCUT2D eigenvalue weighted by atomic mass is 16.1. The van der Waals surface area contributed by atoms with Crippen molar-refractivity contribution in [3.63, 3.8) is 0 Å². The van der Waals surface area contributed by atoms with Crippen LogP contribution in [-0.2, 0) is 4.79 Å². The van der Waals surface area contributed by atoms with Gasteiger partial charge in [0.15, 0.2) is 0 Å². The fraction of sp³-hybridized carbons (Fsp3) is 0.917. The third kappa shape index (κ3) is 2.95. The van der Waals surface area contributed by atoms with Crippen LogP contribution in [0.25, 0.3) is 0 Å². The van der Waals surface area contributed by atoms with Crippen molar-refractivity contribution in [2.45, 2.75) is 51.6 Å². The van der Waals surface area contributed by atoms with E-state index < -0.39 is 5.54 Å².